The summed E-state index contributed by atoms with van der Waals surface area (Å²) >= 11 is 1.53. The average molecular weight is 291 g/mol. The maximum absolute atomic E-state index is 13.9. The normalized spacial score (nSPS) is 12.8. The van der Waals surface area contributed by atoms with E-state index < -0.39 is 17.7 Å². The van der Waals surface area contributed by atoms with Gasteiger partial charge in [0.2, 0.25) is 0 Å². The molecule has 0 radical (unpaired) electrons. The van der Waals surface area contributed by atoms with Crippen LogP contribution in [-0.4, -0.2) is 4.98 Å². The second kappa shape index (κ2) is 5.24. The maximum atomic E-state index is 13.9. The van der Waals surface area contributed by atoms with Gasteiger partial charge in [0.1, 0.15) is 11.6 Å². The molecule has 0 spiro atoms. The van der Waals surface area contributed by atoms with Crippen molar-refractivity contribution < 1.29 is 8.78 Å². The summed E-state index contributed by atoms with van der Waals surface area (Å²) in [5, 5.41) is 1.93. The van der Waals surface area contributed by atoms with E-state index in [-0.39, 0.29) is 5.56 Å². The molecule has 1 unspecified atom stereocenters. The van der Waals surface area contributed by atoms with Crippen molar-refractivity contribution in [2.45, 2.75) is 6.04 Å². The standard InChI is InChI=1S/C14H11F2N3S/c15-9-1-2-11(16)10(6-9)14(19-17)8-5-13-12(18-7-8)3-4-20-13/h1-7,14,19H,17H2. The highest BCUT2D eigenvalue weighted by Crippen LogP contribution is 2.28. The molecule has 2 heterocycles. The molecule has 2 aromatic heterocycles. The topological polar surface area (TPSA) is 50.9 Å². The van der Waals surface area contributed by atoms with Gasteiger partial charge in [-0.3, -0.25) is 10.8 Å². The van der Waals surface area contributed by atoms with Crippen molar-refractivity contribution in [2.24, 2.45) is 5.84 Å². The Hall–Kier alpha value is -1.89. The van der Waals surface area contributed by atoms with Gasteiger partial charge in [-0.05, 0) is 41.3 Å². The predicted molar refractivity (Wildman–Crippen MR) is 75.1 cm³/mol. The summed E-state index contributed by atoms with van der Waals surface area (Å²) in [5.74, 6) is 4.49. The summed E-state index contributed by atoms with van der Waals surface area (Å²) in [7, 11) is 0. The molecule has 0 fully saturated rings. The molecular weight excluding hydrogens is 280 g/mol. The van der Waals surface area contributed by atoms with Crippen LogP contribution in [0.2, 0.25) is 0 Å². The Morgan fingerprint density at radius 1 is 1.20 bits per heavy atom. The summed E-state index contributed by atoms with van der Waals surface area (Å²) in [4.78, 5) is 4.29. The molecule has 1 atom stereocenters. The summed E-state index contributed by atoms with van der Waals surface area (Å²) in [5.41, 5.74) is 4.23. The molecule has 1 aromatic carbocycles. The second-order valence-electron chi connectivity index (χ2n) is 4.34. The molecule has 3 nitrogen and oxygen atoms in total. The lowest BCUT2D eigenvalue weighted by Crippen LogP contribution is -2.29. The highest BCUT2D eigenvalue weighted by atomic mass is 32.1. The lowest BCUT2D eigenvalue weighted by molar-refractivity contribution is 0.545. The zero-order valence-electron chi connectivity index (χ0n) is 10.3. The number of nitrogens with two attached hydrogens (primary N) is 1. The molecule has 0 amide bonds. The minimum atomic E-state index is -0.648. The smallest absolute Gasteiger partial charge is 0.128 e. The van der Waals surface area contributed by atoms with Gasteiger partial charge in [-0.15, -0.1) is 11.3 Å². The first-order valence-corrected chi connectivity index (χ1v) is 6.81. The number of nitrogens with one attached hydrogen (secondary N) is 1. The first kappa shape index (κ1) is 13.1. The Labute approximate surface area is 118 Å². The third kappa shape index (κ3) is 2.29. The van der Waals surface area contributed by atoms with Gasteiger partial charge >= 0.3 is 0 Å². The Balaban J connectivity index is 2.10. The number of fused-ring (bicyclic) bond motifs is 1. The molecule has 0 aliphatic rings. The minimum absolute atomic E-state index is 0.158. The highest BCUT2D eigenvalue weighted by molar-refractivity contribution is 7.17. The number of nitrogens with zero attached hydrogens (tertiary/aromatic N) is 1. The average Bonchev–Trinajstić information content (AvgIpc) is 2.91. The first-order chi connectivity index (χ1) is 9.69. The third-order valence-corrected chi connectivity index (χ3v) is 3.95. The number of hydrazine groups is 1. The van der Waals surface area contributed by atoms with E-state index in [2.05, 4.69) is 10.4 Å². The Bertz CT molecular complexity index is 757. The fourth-order valence-electron chi connectivity index (χ4n) is 2.12. The number of thiophene rings is 1. The van der Waals surface area contributed by atoms with Crippen LogP contribution in [0.15, 0.2) is 41.9 Å². The third-order valence-electron chi connectivity index (χ3n) is 3.09. The van der Waals surface area contributed by atoms with Crippen molar-refractivity contribution in [3.05, 3.63) is 64.7 Å². The Morgan fingerprint density at radius 3 is 2.85 bits per heavy atom. The van der Waals surface area contributed by atoms with Crippen molar-refractivity contribution in [3.63, 3.8) is 0 Å². The predicted octanol–water partition coefficient (Wildman–Crippen LogP) is 3.13. The quantitative estimate of drug-likeness (QED) is 0.576. The van der Waals surface area contributed by atoms with Gasteiger partial charge < -0.3 is 0 Å². The van der Waals surface area contributed by atoms with Gasteiger partial charge in [-0.25, -0.2) is 14.2 Å². The number of aromatic nitrogens is 1. The lowest BCUT2D eigenvalue weighted by Gasteiger charge is -2.17. The summed E-state index contributed by atoms with van der Waals surface area (Å²) in [6.45, 7) is 0. The lowest BCUT2D eigenvalue weighted by atomic mass is 10.00. The summed E-state index contributed by atoms with van der Waals surface area (Å²) in [6.07, 6.45) is 1.62. The van der Waals surface area contributed by atoms with Crippen LogP contribution >= 0.6 is 11.3 Å². The van der Waals surface area contributed by atoms with Crippen LogP contribution in [0, 0.1) is 11.6 Å². The van der Waals surface area contributed by atoms with Gasteiger partial charge in [0.15, 0.2) is 0 Å². The van der Waals surface area contributed by atoms with E-state index in [0.29, 0.717) is 5.56 Å². The van der Waals surface area contributed by atoms with Crippen molar-refractivity contribution in [1.82, 2.24) is 10.4 Å². The molecule has 0 aliphatic heterocycles. The number of hydrogen-bond donors (Lipinski definition) is 2. The molecular formula is C14H11F2N3S. The van der Waals surface area contributed by atoms with Crippen molar-refractivity contribution in [1.29, 1.82) is 0 Å². The van der Waals surface area contributed by atoms with E-state index in [1.165, 1.54) is 11.3 Å². The van der Waals surface area contributed by atoms with Gasteiger partial charge in [-0.1, -0.05) is 0 Å². The second-order valence-corrected chi connectivity index (χ2v) is 5.29. The van der Waals surface area contributed by atoms with Crippen LogP contribution < -0.4 is 11.3 Å². The van der Waals surface area contributed by atoms with E-state index in [4.69, 9.17) is 5.84 Å². The molecule has 102 valence electrons. The van der Waals surface area contributed by atoms with E-state index in [9.17, 15) is 8.78 Å². The molecule has 20 heavy (non-hydrogen) atoms. The fourth-order valence-corrected chi connectivity index (χ4v) is 2.91. The summed E-state index contributed by atoms with van der Waals surface area (Å²) in [6, 6.07) is 6.43. The zero-order valence-corrected chi connectivity index (χ0v) is 11.1. The van der Waals surface area contributed by atoms with Gasteiger partial charge in [-0.2, -0.15) is 0 Å². The van der Waals surface area contributed by atoms with Gasteiger partial charge in [0.25, 0.3) is 0 Å². The molecule has 0 aliphatic carbocycles. The van der Waals surface area contributed by atoms with Crippen LogP contribution in [0.3, 0.4) is 0 Å². The number of pyridine rings is 1. The number of rotatable bonds is 3. The SMILES string of the molecule is NNC(c1cnc2ccsc2c1)c1cc(F)ccc1F. The molecule has 3 rings (SSSR count). The van der Waals surface area contributed by atoms with Crippen LogP contribution in [0.4, 0.5) is 8.78 Å². The Morgan fingerprint density at radius 2 is 2.05 bits per heavy atom. The minimum Gasteiger partial charge on any atom is -0.271 e. The zero-order chi connectivity index (χ0) is 14.1. The number of hydrogen-bond acceptors (Lipinski definition) is 4. The molecule has 0 bridgehead atoms. The van der Waals surface area contributed by atoms with E-state index in [0.717, 1.165) is 28.4 Å². The molecule has 0 saturated carbocycles. The first-order valence-electron chi connectivity index (χ1n) is 5.93. The number of halogens is 2. The van der Waals surface area contributed by atoms with E-state index >= 15 is 0 Å². The largest absolute Gasteiger partial charge is 0.271 e. The number of benzene rings is 1. The van der Waals surface area contributed by atoms with Crippen LogP contribution in [0.5, 0.6) is 0 Å². The van der Waals surface area contributed by atoms with Crippen molar-refractivity contribution >= 4 is 21.6 Å². The fraction of sp³-hybridized carbons (Fsp3) is 0.0714. The van der Waals surface area contributed by atoms with Gasteiger partial charge in [0, 0.05) is 11.8 Å². The maximum Gasteiger partial charge on any atom is 0.128 e. The highest BCUT2D eigenvalue weighted by Gasteiger charge is 2.18. The molecule has 6 heteroatoms. The molecule has 3 aromatic rings. The van der Waals surface area contributed by atoms with Crippen LogP contribution in [0.25, 0.3) is 10.2 Å². The monoisotopic (exact) mass is 291 g/mol. The van der Waals surface area contributed by atoms with Crippen molar-refractivity contribution in [3.8, 4) is 0 Å². The van der Waals surface area contributed by atoms with Gasteiger partial charge in [0.05, 0.1) is 16.3 Å². The Kier molecular flexibility index (Phi) is 3.43. The molecule has 3 N–H and O–H groups in total. The van der Waals surface area contributed by atoms with Crippen LogP contribution in [-0.2, 0) is 0 Å². The molecule has 0 saturated heterocycles. The van der Waals surface area contributed by atoms with E-state index in [1.54, 1.807) is 6.20 Å². The van der Waals surface area contributed by atoms with Crippen molar-refractivity contribution in [2.75, 3.05) is 0 Å². The summed E-state index contributed by atoms with van der Waals surface area (Å²) < 4.78 is 28.2. The van der Waals surface area contributed by atoms with E-state index in [1.807, 2.05) is 17.5 Å². The van der Waals surface area contributed by atoms with Crippen LogP contribution in [0.1, 0.15) is 17.2 Å².